The van der Waals surface area contributed by atoms with Crippen LogP contribution in [0.15, 0.2) is 18.2 Å². The minimum absolute atomic E-state index is 0.210. The number of hydrogen-bond donors (Lipinski definition) is 1. The normalized spacial score (nSPS) is 12.1. The second kappa shape index (κ2) is 6.60. The number of nitrogens with zero attached hydrogens (tertiary/aromatic N) is 1. The summed E-state index contributed by atoms with van der Waals surface area (Å²) in [5.41, 5.74) is -1.15. The lowest BCUT2D eigenvalue weighted by molar-refractivity contribution is -0.122. The van der Waals surface area contributed by atoms with Gasteiger partial charge >= 0.3 is 0 Å². The molecule has 1 aromatic carbocycles. The van der Waals surface area contributed by atoms with Crippen LogP contribution in [0.4, 0.5) is 14.5 Å². The molecule has 1 N–H and O–H groups in total. The van der Waals surface area contributed by atoms with Crippen molar-refractivity contribution >= 4 is 21.6 Å². The van der Waals surface area contributed by atoms with E-state index in [2.05, 4.69) is 5.32 Å². The Morgan fingerprint density at radius 1 is 1.23 bits per heavy atom. The van der Waals surface area contributed by atoms with Crippen LogP contribution in [0.3, 0.4) is 0 Å². The zero-order valence-electron chi connectivity index (χ0n) is 13.0. The number of hydrogen-bond acceptors (Lipinski definition) is 3. The topological polar surface area (TPSA) is 66.5 Å². The molecule has 0 aliphatic rings. The van der Waals surface area contributed by atoms with Crippen LogP contribution in [0.25, 0.3) is 0 Å². The van der Waals surface area contributed by atoms with Gasteiger partial charge in [-0.1, -0.05) is 6.07 Å². The minimum atomic E-state index is -3.93. The van der Waals surface area contributed by atoms with Crippen molar-refractivity contribution in [1.29, 1.82) is 0 Å². The fourth-order valence-electron chi connectivity index (χ4n) is 1.85. The molecule has 0 radical (unpaired) electrons. The third-order valence-corrected chi connectivity index (χ3v) is 3.81. The summed E-state index contributed by atoms with van der Waals surface area (Å²) in [5.74, 6) is -2.40. The van der Waals surface area contributed by atoms with Gasteiger partial charge in [-0.15, -0.1) is 0 Å². The molecule has 0 aliphatic heterocycles. The molecule has 0 aromatic heterocycles. The zero-order valence-corrected chi connectivity index (χ0v) is 13.8. The lowest BCUT2D eigenvalue weighted by atomic mass is 10.1. The molecule has 22 heavy (non-hydrogen) atoms. The molecule has 0 fully saturated rings. The minimum Gasteiger partial charge on any atom is -0.351 e. The maximum Gasteiger partial charge on any atom is 0.232 e. The van der Waals surface area contributed by atoms with Crippen molar-refractivity contribution in [3.63, 3.8) is 0 Å². The van der Waals surface area contributed by atoms with Gasteiger partial charge in [-0.2, -0.15) is 0 Å². The fraction of sp³-hybridized carbons (Fsp3) is 0.500. The first-order valence-corrected chi connectivity index (χ1v) is 8.49. The average molecular weight is 334 g/mol. The van der Waals surface area contributed by atoms with Gasteiger partial charge in [0.05, 0.1) is 6.26 Å². The summed E-state index contributed by atoms with van der Waals surface area (Å²) < 4.78 is 51.7. The molecule has 1 rings (SSSR count). The standard InChI is InChI=1S/C14H20F2N2O3S/c1-14(2,3)17-12(19)8-9-18(22(4,20)21)13-10(15)6-5-7-11(13)16/h5-7H,8-9H2,1-4H3,(H,17,19). The molecule has 0 atom stereocenters. The van der Waals surface area contributed by atoms with Gasteiger partial charge in [0.2, 0.25) is 15.9 Å². The van der Waals surface area contributed by atoms with Gasteiger partial charge in [0.1, 0.15) is 5.69 Å². The first kappa shape index (κ1) is 18.3. The van der Waals surface area contributed by atoms with E-state index in [-0.39, 0.29) is 13.0 Å². The summed E-state index contributed by atoms with van der Waals surface area (Å²) in [5, 5.41) is 2.66. The van der Waals surface area contributed by atoms with Gasteiger partial charge in [-0.05, 0) is 32.9 Å². The van der Waals surface area contributed by atoms with Crippen molar-refractivity contribution in [3.05, 3.63) is 29.8 Å². The number of rotatable bonds is 5. The molecule has 0 bridgehead atoms. The summed E-state index contributed by atoms with van der Waals surface area (Å²) in [6.45, 7) is 4.97. The van der Waals surface area contributed by atoms with Gasteiger partial charge in [-0.3, -0.25) is 9.10 Å². The lowest BCUT2D eigenvalue weighted by Gasteiger charge is -2.25. The van der Waals surface area contributed by atoms with Gasteiger partial charge in [0, 0.05) is 18.5 Å². The number of sulfonamides is 1. The Kier molecular flexibility index (Phi) is 5.50. The van der Waals surface area contributed by atoms with Crippen molar-refractivity contribution < 1.29 is 22.0 Å². The number of benzene rings is 1. The van der Waals surface area contributed by atoms with Crippen LogP contribution in [0.2, 0.25) is 0 Å². The van der Waals surface area contributed by atoms with E-state index in [9.17, 15) is 22.0 Å². The second-order valence-corrected chi connectivity index (χ2v) is 7.86. The Hall–Kier alpha value is -1.70. The van der Waals surface area contributed by atoms with Crippen molar-refractivity contribution in [2.24, 2.45) is 0 Å². The summed E-state index contributed by atoms with van der Waals surface area (Å²) in [7, 11) is -3.93. The van der Waals surface area contributed by atoms with E-state index in [1.807, 2.05) is 0 Å². The van der Waals surface area contributed by atoms with Gasteiger partial charge < -0.3 is 5.32 Å². The monoisotopic (exact) mass is 334 g/mol. The highest BCUT2D eigenvalue weighted by molar-refractivity contribution is 7.92. The Labute approximate surface area is 129 Å². The second-order valence-electron chi connectivity index (χ2n) is 5.95. The smallest absolute Gasteiger partial charge is 0.232 e. The van der Waals surface area contributed by atoms with Crippen LogP contribution in [0.5, 0.6) is 0 Å². The number of carbonyl (C=O) groups excluding carboxylic acids is 1. The van der Waals surface area contributed by atoms with Crippen LogP contribution in [-0.4, -0.2) is 32.7 Å². The van der Waals surface area contributed by atoms with Gasteiger partial charge in [0.15, 0.2) is 11.6 Å². The SMILES string of the molecule is CC(C)(C)NC(=O)CCN(c1c(F)cccc1F)S(C)(=O)=O. The number of nitrogens with one attached hydrogen (secondary N) is 1. The molecule has 0 heterocycles. The highest BCUT2D eigenvalue weighted by Gasteiger charge is 2.25. The number of halogens is 2. The average Bonchev–Trinajstić information content (AvgIpc) is 2.28. The molecule has 0 aliphatic carbocycles. The maximum atomic E-state index is 13.8. The molecule has 0 saturated heterocycles. The van der Waals surface area contributed by atoms with Crippen molar-refractivity contribution in [1.82, 2.24) is 5.32 Å². The predicted octanol–water partition coefficient (Wildman–Crippen LogP) is 2.04. The highest BCUT2D eigenvalue weighted by Crippen LogP contribution is 2.25. The molecule has 1 amide bonds. The summed E-state index contributed by atoms with van der Waals surface area (Å²) >= 11 is 0. The molecular formula is C14H20F2N2O3S. The Morgan fingerprint density at radius 2 is 1.73 bits per heavy atom. The third kappa shape index (κ3) is 5.25. The Balaban J connectivity index is 3.00. The summed E-state index contributed by atoms with van der Waals surface area (Å²) in [6, 6.07) is 3.07. The Morgan fingerprint density at radius 3 is 2.14 bits per heavy atom. The number of amides is 1. The lowest BCUT2D eigenvalue weighted by Crippen LogP contribution is -2.42. The molecule has 5 nitrogen and oxygen atoms in total. The molecule has 0 saturated carbocycles. The first-order chi connectivity index (χ1) is 9.92. The van der Waals surface area contributed by atoms with E-state index in [1.54, 1.807) is 20.8 Å². The quantitative estimate of drug-likeness (QED) is 0.896. The molecule has 0 spiro atoms. The van der Waals surface area contributed by atoms with Crippen LogP contribution >= 0.6 is 0 Å². The molecular weight excluding hydrogens is 314 g/mol. The van der Waals surface area contributed by atoms with Gasteiger partial charge in [0.25, 0.3) is 0 Å². The summed E-state index contributed by atoms with van der Waals surface area (Å²) in [4.78, 5) is 11.8. The first-order valence-electron chi connectivity index (χ1n) is 6.64. The summed E-state index contributed by atoms with van der Waals surface area (Å²) in [6.07, 6.45) is 0.624. The van der Waals surface area contributed by atoms with Crippen molar-refractivity contribution in [3.8, 4) is 0 Å². The molecule has 8 heteroatoms. The predicted molar refractivity (Wildman–Crippen MR) is 81.1 cm³/mol. The number of para-hydroxylation sites is 1. The van der Waals surface area contributed by atoms with E-state index in [1.165, 1.54) is 0 Å². The van der Waals surface area contributed by atoms with Gasteiger partial charge in [-0.25, -0.2) is 17.2 Å². The number of carbonyl (C=O) groups is 1. The van der Waals surface area contributed by atoms with E-state index >= 15 is 0 Å². The molecule has 1 aromatic rings. The van der Waals surface area contributed by atoms with Crippen LogP contribution in [0, 0.1) is 11.6 Å². The maximum absolute atomic E-state index is 13.8. The van der Waals surface area contributed by atoms with E-state index in [0.717, 1.165) is 24.5 Å². The Bertz CT molecular complexity index is 634. The third-order valence-electron chi connectivity index (χ3n) is 2.64. The fourth-order valence-corrected chi connectivity index (χ4v) is 2.78. The van der Waals surface area contributed by atoms with Crippen LogP contribution < -0.4 is 9.62 Å². The van der Waals surface area contributed by atoms with Crippen LogP contribution in [-0.2, 0) is 14.8 Å². The van der Waals surface area contributed by atoms with Crippen molar-refractivity contribution in [2.75, 3.05) is 17.1 Å². The highest BCUT2D eigenvalue weighted by atomic mass is 32.2. The number of anilines is 1. The molecule has 0 unspecified atom stereocenters. The zero-order chi connectivity index (χ0) is 17.1. The van der Waals surface area contributed by atoms with Crippen molar-refractivity contribution in [2.45, 2.75) is 32.7 Å². The van der Waals surface area contributed by atoms with E-state index in [4.69, 9.17) is 0 Å². The van der Waals surface area contributed by atoms with E-state index < -0.39 is 38.8 Å². The van der Waals surface area contributed by atoms with E-state index in [0.29, 0.717) is 4.31 Å². The largest absolute Gasteiger partial charge is 0.351 e. The van der Waals surface area contributed by atoms with Crippen LogP contribution in [0.1, 0.15) is 27.2 Å². The molecule has 124 valence electrons.